The molecule has 0 radical (unpaired) electrons. The average molecular weight is 305 g/mol. The van der Waals surface area contributed by atoms with Crippen molar-refractivity contribution in [2.24, 2.45) is 7.05 Å². The third-order valence-corrected chi connectivity index (χ3v) is 5.28. The first-order valence-electron chi connectivity index (χ1n) is 8.69. The van der Waals surface area contributed by atoms with Crippen molar-refractivity contribution in [2.45, 2.75) is 46.1 Å². The van der Waals surface area contributed by atoms with Crippen LogP contribution in [0.2, 0.25) is 0 Å². The molecule has 0 bridgehead atoms. The highest BCUT2D eigenvalue weighted by Gasteiger charge is 2.30. The number of aryl methyl sites for hydroxylation is 4. The molecule has 1 aromatic heterocycles. The van der Waals surface area contributed by atoms with Crippen molar-refractivity contribution in [1.82, 2.24) is 4.57 Å². The Balaban J connectivity index is 2.10. The molecule has 2 nitrogen and oxygen atoms in total. The van der Waals surface area contributed by atoms with Gasteiger partial charge < -0.3 is 0 Å². The molecule has 3 aromatic rings. The molecule has 1 aliphatic heterocycles. The molecule has 0 fully saturated rings. The van der Waals surface area contributed by atoms with Crippen LogP contribution < -0.4 is 4.57 Å². The van der Waals surface area contributed by atoms with E-state index in [-0.39, 0.29) is 0 Å². The van der Waals surface area contributed by atoms with Gasteiger partial charge in [0, 0.05) is 5.56 Å². The standard InChI is InChI=1S/C21H25N2/c1-14(2)17-12-16-9-7-11-23-20(16)19(13-17)22(4)21(23)18-10-6-5-8-15(18)3/h5-6,8,10,12-14H,7,9,11H2,1-4H3/q+1. The van der Waals surface area contributed by atoms with Gasteiger partial charge in [0.05, 0.1) is 19.2 Å². The summed E-state index contributed by atoms with van der Waals surface area (Å²) in [4.78, 5) is 0. The fourth-order valence-corrected chi connectivity index (χ4v) is 3.99. The number of benzene rings is 2. The lowest BCUT2D eigenvalue weighted by Gasteiger charge is -2.13. The lowest BCUT2D eigenvalue weighted by atomic mass is 9.96. The Morgan fingerprint density at radius 2 is 1.91 bits per heavy atom. The van der Waals surface area contributed by atoms with Crippen LogP contribution >= 0.6 is 0 Å². The number of aromatic nitrogens is 2. The smallest absolute Gasteiger partial charge is 0.226 e. The molecule has 0 saturated carbocycles. The van der Waals surface area contributed by atoms with Gasteiger partial charge in [-0.2, -0.15) is 0 Å². The summed E-state index contributed by atoms with van der Waals surface area (Å²) >= 11 is 0. The van der Waals surface area contributed by atoms with Gasteiger partial charge in [0.25, 0.3) is 5.82 Å². The van der Waals surface area contributed by atoms with E-state index in [9.17, 15) is 0 Å². The van der Waals surface area contributed by atoms with Gasteiger partial charge in [0.1, 0.15) is 0 Å². The van der Waals surface area contributed by atoms with E-state index in [4.69, 9.17) is 0 Å². The second kappa shape index (κ2) is 5.23. The summed E-state index contributed by atoms with van der Waals surface area (Å²) in [5.74, 6) is 1.92. The first kappa shape index (κ1) is 14.5. The van der Waals surface area contributed by atoms with Crippen LogP contribution in [0.15, 0.2) is 36.4 Å². The number of nitrogens with zero attached hydrogens (tertiary/aromatic N) is 2. The van der Waals surface area contributed by atoms with Crippen molar-refractivity contribution >= 4 is 11.0 Å². The van der Waals surface area contributed by atoms with Crippen molar-refractivity contribution in [3.05, 3.63) is 53.1 Å². The monoisotopic (exact) mass is 305 g/mol. The largest absolute Gasteiger partial charge is 0.289 e. The molecule has 0 amide bonds. The molecule has 4 rings (SSSR count). The van der Waals surface area contributed by atoms with Gasteiger partial charge in [-0.15, -0.1) is 0 Å². The highest BCUT2D eigenvalue weighted by Crippen LogP contribution is 2.31. The molecule has 0 aliphatic carbocycles. The van der Waals surface area contributed by atoms with Gasteiger partial charge in [0.15, 0.2) is 11.0 Å². The van der Waals surface area contributed by atoms with E-state index in [1.165, 1.54) is 52.0 Å². The molecule has 23 heavy (non-hydrogen) atoms. The maximum atomic E-state index is 2.54. The minimum Gasteiger partial charge on any atom is -0.226 e. The van der Waals surface area contributed by atoms with Crippen LogP contribution in [-0.2, 0) is 20.0 Å². The van der Waals surface area contributed by atoms with E-state index in [0.29, 0.717) is 5.92 Å². The van der Waals surface area contributed by atoms with Crippen molar-refractivity contribution in [3.8, 4) is 11.4 Å². The summed E-state index contributed by atoms with van der Waals surface area (Å²) in [6, 6.07) is 13.6. The van der Waals surface area contributed by atoms with Gasteiger partial charge in [-0.3, -0.25) is 0 Å². The Kier molecular flexibility index (Phi) is 3.29. The van der Waals surface area contributed by atoms with E-state index in [2.05, 4.69) is 73.4 Å². The molecule has 0 atom stereocenters. The Hall–Kier alpha value is -2.09. The lowest BCUT2D eigenvalue weighted by Crippen LogP contribution is -2.39. The Bertz CT molecular complexity index is 900. The van der Waals surface area contributed by atoms with Gasteiger partial charge in [-0.1, -0.05) is 38.1 Å². The summed E-state index contributed by atoms with van der Waals surface area (Å²) < 4.78 is 4.94. The van der Waals surface area contributed by atoms with Crippen molar-refractivity contribution in [3.63, 3.8) is 0 Å². The molecule has 2 heteroatoms. The maximum absolute atomic E-state index is 2.54. The van der Waals surface area contributed by atoms with Crippen LogP contribution in [-0.4, -0.2) is 4.57 Å². The van der Waals surface area contributed by atoms with Gasteiger partial charge >= 0.3 is 0 Å². The molecule has 2 aromatic carbocycles. The molecule has 1 aliphatic rings. The van der Waals surface area contributed by atoms with Gasteiger partial charge in [0.2, 0.25) is 0 Å². The third kappa shape index (κ3) is 2.12. The number of rotatable bonds is 2. The minimum atomic E-state index is 0.572. The topological polar surface area (TPSA) is 8.81 Å². The molecule has 2 heterocycles. The average Bonchev–Trinajstić information content (AvgIpc) is 2.82. The zero-order valence-electron chi connectivity index (χ0n) is 14.6. The molecule has 118 valence electrons. The Morgan fingerprint density at radius 3 is 2.65 bits per heavy atom. The van der Waals surface area contributed by atoms with Crippen LogP contribution in [0.3, 0.4) is 0 Å². The third-order valence-electron chi connectivity index (χ3n) is 5.28. The van der Waals surface area contributed by atoms with Crippen molar-refractivity contribution in [2.75, 3.05) is 0 Å². The fraction of sp³-hybridized carbons (Fsp3) is 0.381. The molecule has 0 N–H and O–H groups in total. The first-order chi connectivity index (χ1) is 11.1. The quantitative estimate of drug-likeness (QED) is 0.616. The van der Waals surface area contributed by atoms with Crippen molar-refractivity contribution in [1.29, 1.82) is 0 Å². The maximum Gasteiger partial charge on any atom is 0.289 e. The van der Waals surface area contributed by atoms with E-state index < -0.39 is 0 Å². The Labute approximate surface area is 138 Å². The predicted octanol–water partition coefficient (Wildman–Crippen LogP) is 4.51. The zero-order valence-corrected chi connectivity index (χ0v) is 14.6. The summed E-state index contributed by atoms with van der Waals surface area (Å²) in [6.07, 6.45) is 2.44. The summed E-state index contributed by atoms with van der Waals surface area (Å²) in [6.45, 7) is 7.91. The Morgan fingerprint density at radius 1 is 1.13 bits per heavy atom. The van der Waals surface area contributed by atoms with Crippen LogP contribution in [0.4, 0.5) is 0 Å². The second-order valence-corrected chi connectivity index (χ2v) is 7.16. The molecular formula is C21H25N2+. The van der Waals surface area contributed by atoms with Crippen LogP contribution in [0, 0.1) is 6.92 Å². The lowest BCUT2D eigenvalue weighted by molar-refractivity contribution is -0.664. The van der Waals surface area contributed by atoms with Crippen LogP contribution in [0.1, 0.15) is 42.9 Å². The van der Waals surface area contributed by atoms with Crippen LogP contribution in [0.25, 0.3) is 22.4 Å². The summed E-state index contributed by atoms with van der Waals surface area (Å²) in [5, 5.41) is 0. The predicted molar refractivity (Wildman–Crippen MR) is 95.7 cm³/mol. The van der Waals surface area contributed by atoms with Gasteiger partial charge in [-0.05, 0) is 48.9 Å². The first-order valence-corrected chi connectivity index (χ1v) is 8.69. The SMILES string of the molecule is Cc1ccccc1-c1n(C)c2cc(C(C)C)cc3c2[n+]1CCC3. The molecule has 0 saturated heterocycles. The zero-order chi connectivity index (χ0) is 16.1. The summed E-state index contributed by atoms with van der Waals surface area (Å²) in [7, 11) is 2.22. The minimum absolute atomic E-state index is 0.572. The molecule has 0 spiro atoms. The molecule has 0 unspecified atom stereocenters. The second-order valence-electron chi connectivity index (χ2n) is 7.16. The van der Waals surface area contributed by atoms with E-state index in [1.54, 1.807) is 0 Å². The van der Waals surface area contributed by atoms with E-state index in [0.717, 1.165) is 6.54 Å². The fourth-order valence-electron chi connectivity index (χ4n) is 3.99. The number of hydrogen-bond donors (Lipinski definition) is 0. The number of hydrogen-bond acceptors (Lipinski definition) is 0. The van der Waals surface area contributed by atoms with Gasteiger partial charge in [-0.25, -0.2) is 9.13 Å². The number of imidazole rings is 1. The van der Waals surface area contributed by atoms with Crippen molar-refractivity contribution < 1.29 is 4.57 Å². The van der Waals surface area contributed by atoms with Crippen LogP contribution in [0.5, 0.6) is 0 Å². The van der Waals surface area contributed by atoms with E-state index >= 15 is 0 Å². The van der Waals surface area contributed by atoms with E-state index in [1.807, 2.05) is 0 Å². The normalized spacial score (nSPS) is 14.0. The highest BCUT2D eigenvalue weighted by atomic mass is 15.2. The molecular weight excluding hydrogens is 280 g/mol. The highest BCUT2D eigenvalue weighted by molar-refractivity contribution is 5.81. The summed E-state index contributed by atoms with van der Waals surface area (Å²) in [5.41, 5.74) is 8.50.